The van der Waals surface area contributed by atoms with Gasteiger partial charge in [-0.2, -0.15) is 0 Å². The first-order valence-electron chi connectivity index (χ1n) is 7.97. The lowest BCUT2D eigenvalue weighted by Gasteiger charge is -2.05. The van der Waals surface area contributed by atoms with Crippen molar-refractivity contribution in [1.82, 2.24) is 4.98 Å². The van der Waals surface area contributed by atoms with E-state index in [2.05, 4.69) is 10.3 Å². The fraction of sp³-hybridized carbons (Fsp3) is 0.158. The van der Waals surface area contributed by atoms with Gasteiger partial charge in [0, 0.05) is 35.5 Å². The molecule has 5 nitrogen and oxygen atoms in total. The van der Waals surface area contributed by atoms with Crippen LogP contribution in [0.4, 0.5) is 5.69 Å². The molecular weight excluding hydrogens is 336 g/mol. The van der Waals surface area contributed by atoms with Crippen LogP contribution in [-0.4, -0.2) is 17.7 Å². The summed E-state index contributed by atoms with van der Waals surface area (Å²) in [6.07, 6.45) is 1.00. The number of rotatable bonds is 5. The Hall–Kier alpha value is -2.86. The van der Waals surface area contributed by atoms with Gasteiger partial charge in [-0.25, -0.2) is 4.98 Å². The third-order valence-corrected chi connectivity index (χ3v) is 4.75. The van der Waals surface area contributed by atoms with Crippen LogP contribution >= 0.6 is 11.3 Å². The van der Waals surface area contributed by atoms with E-state index < -0.39 is 0 Å². The minimum Gasteiger partial charge on any atom is -0.454 e. The van der Waals surface area contributed by atoms with E-state index in [0.29, 0.717) is 30.0 Å². The first-order chi connectivity index (χ1) is 12.3. The molecule has 0 bridgehead atoms. The quantitative estimate of drug-likeness (QED) is 0.751. The number of nitrogens with zero attached hydrogens (tertiary/aromatic N) is 1. The lowest BCUT2D eigenvalue weighted by molar-refractivity contribution is -0.116. The van der Waals surface area contributed by atoms with Gasteiger partial charge in [0.25, 0.3) is 0 Å². The zero-order chi connectivity index (χ0) is 17.1. The van der Waals surface area contributed by atoms with Gasteiger partial charge >= 0.3 is 0 Å². The van der Waals surface area contributed by atoms with E-state index in [9.17, 15) is 4.79 Å². The topological polar surface area (TPSA) is 60.5 Å². The molecule has 0 radical (unpaired) electrons. The van der Waals surface area contributed by atoms with Gasteiger partial charge < -0.3 is 14.8 Å². The first kappa shape index (κ1) is 15.7. The highest BCUT2D eigenvalue weighted by Crippen LogP contribution is 2.34. The average Bonchev–Trinajstić information content (AvgIpc) is 3.30. The summed E-state index contributed by atoms with van der Waals surface area (Å²) in [6, 6.07) is 15.4. The number of aromatic nitrogens is 1. The summed E-state index contributed by atoms with van der Waals surface area (Å²) in [4.78, 5) is 16.8. The molecule has 2 aromatic carbocycles. The smallest absolute Gasteiger partial charge is 0.231 e. The maximum absolute atomic E-state index is 12.2. The van der Waals surface area contributed by atoms with E-state index in [-0.39, 0.29) is 12.7 Å². The molecule has 2 heterocycles. The maximum atomic E-state index is 12.2. The molecule has 3 aromatic rings. The Kier molecular flexibility index (Phi) is 4.35. The van der Waals surface area contributed by atoms with Gasteiger partial charge in [-0.1, -0.05) is 30.3 Å². The molecular formula is C19H16N2O3S. The molecule has 1 amide bonds. The first-order valence-corrected chi connectivity index (χ1v) is 8.85. The van der Waals surface area contributed by atoms with Gasteiger partial charge in [-0.05, 0) is 12.1 Å². The van der Waals surface area contributed by atoms with Crippen molar-refractivity contribution in [2.24, 2.45) is 0 Å². The second kappa shape index (κ2) is 6.94. The van der Waals surface area contributed by atoms with Crippen molar-refractivity contribution in [2.75, 3.05) is 12.1 Å². The summed E-state index contributed by atoms with van der Waals surface area (Å²) in [7, 11) is 0. The molecule has 126 valence electrons. The lowest BCUT2D eigenvalue weighted by atomic mass is 10.2. The summed E-state index contributed by atoms with van der Waals surface area (Å²) in [5.41, 5.74) is 2.75. The van der Waals surface area contributed by atoms with E-state index in [1.807, 2.05) is 41.8 Å². The fourth-order valence-electron chi connectivity index (χ4n) is 2.59. The minimum atomic E-state index is -0.0460. The highest BCUT2D eigenvalue weighted by Gasteiger charge is 2.14. The number of carbonyl (C=O) groups is 1. The van der Waals surface area contributed by atoms with Gasteiger partial charge in [-0.3, -0.25) is 4.79 Å². The Balaban J connectivity index is 1.34. The molecule has 0 atom stereocenters. The number of thiazole rings is 1. The number of hydrogen-bond acceptors (Lipinski definition) is 5. The fourth-order valence-corrected chi connectivity index (χ4v) is 3.39. The predicted molar refractivity (Wildman–Crippen MR) is 97.1 cm³/mol. The Bertz CT molecular complexity index is 893. The molecule has 1 aromatic heterocycles. The van der Waals surface area contributed by atoms with Crippen LogP contribution in [0.3, 0.4) is 0 Å². The Morgan fingerprint density at radius 1 is 1.12 bits per heavy atom. The van der Waals surface area contributed by atoms with Crippen LogP contribution in [0.15, 0.2) is 53.9 Å². The van der Waals surface area contributed by atoms with Crippen LogP contribution in [0.5, 0.6) is 11.5 Å². The molecule has 0 fully saturated rings. The summed E-state index contributed by atoms with van der Waals surface area (Å²) in [6.45, 7) is 0.223. The van der Waals surface area contributed by atoms with Crippen LogP contribution in [0.2, 0.25) is 0 Å². The second-order valence-electron chi connectivity index (χ2n) is 5.61. The van der Waals surface area contributed by atoms with Crippen molar-refractivity contribution >= 4 is 22.9 Å². The molecule has 6 heteroatoms. The normalized spacial score (nSPS) is 12.2. The average molecular weight is 352 g/mol. The SMILES string of the molecule is O=C(CCc1nc(-c2ccccc2)cs1)Nc1ccc2c(c1)OCO2. The van der Waals surface area contributed by atoms with Crippen LogP contribution in [0.1, 0.15) is 11.4 Å². The Morgan fingerprint density at radius 3 is 2.84 bits per heavy atom. The summed E-state index contributed by atoms with van der Waals surface area (Å²) >= 11 is 1.58. The molecule has 25 heavy (non-hydrogen) atoms. The summed E-state index contributed by atoms with van der Waals surface area (Å²) in [5, 5.41) is 5.87. The molecule has 0 aliphatic carbocycles. The largest absolute Gasteiger partial charge is 0.454 e. The van der Waals surface area contributed by atoms with E-state index in [1.54, 1.807) is 23.5 Å². The van der Waals surface area contributed by atoms with Gasteiger partial charge in [0.15, 0.2) is 11.5 Å². The number of amides is 1. The maximum Gasteiger partial charge on any atom is 0.231 e. The number of hydrogen-bond donors (Lipinski definition) is 1. The van der Waals surface area contributed by atoms with Crippen molar-refractivity contribution in [2.45, 2.75) is 12.8 Å². The number of ether oxygens (including phenoxy) is 2. The van der Waals surface area contributed by atoms with Gasteiger partial charge in [0.2, 0.25) is 12.7 Å². The highest BCUT2D eigenvalue weighted by molar-refractivity contribution is 7.09. The summed E-state index contributed by atoms with van der Waals surface area (Å²) in [5.74, 6) is 1.31. The van der Waals surface area contributed by atoms with Crippen LogP contribution in [0, 0.1) is 0 Å². The number of aryl methyl sites for hydroxylation is 1. The van der Waals surface area contributed by atoms with Crippen molar-refractivity contribution in [3.05, 3.63) is 58.9 Å². The summed E-state index contributed by atoms with van der Waals surface area (Å²) < 4.78 is 10.6. The van der Waals surface area contributed by atoms with Crippen LogP contribution < -0.4 is 14.8 Å². The molecule has 0 saturated heterocycles. The van der Waals surface area contributed by atoms with Crippen molar-refractivity contribution in [3.8, 4) is 22.8 Å². The van der Waals surface area contributed by atoms with Crippen molar-refractivity contribution in [1.29, 1.82) is 0 Å². The third-order valence-electron chi connectivity index (χ3n) is 3.84. The standard InChI is InChI=1S/C19H16N2O3S/c22-18(20-14-6-7-16-17(10-14)24-12-23-16)8-9-19-21-15(11-25-19)13-4-2-1-3-5-13/h1-7,10-11H,8-9,12H2,(H,20,22). The van der Waals surface area contributed by atoms with Gasteiger partial charge in [0.1, 0.15) is 0 Å². The number of anilines is 1. The Labute approximate surface area is 149 Å². The molecule has 0 unspecified atom stereocenters. The molecule has 1 aliphatic heterocycles. The van der Waals surface area contributed by atoms with Crippen LogP contribution in [-0.2, 0) is 11.2 Å². The highest BCUT2D eigenvalue weighted by atomic mass is 32.1. The van der Waals surface area contributed by atoms with Gasteiger partial charge in [0.05, 0.1) is 10.7 Å². The molecule has 0 saturated carbocycles. The number of carbonyl (C=O) groups excluding carboxylic acids is 1. The zero-order valence-electron chi connectivity index (χ0n) is 13.4. The van der Waals surface area contributed by atoms with Crippen molar-refractivity contribution in [3.63, 3.8) is 0 Å². The predicted octanol–water partition coefficient (Wildman–Crippen LogP) is 4.11. The van der Waals surface area contributed by atoms with E-state index >= 15 is 0 Å². The number of fused-ring (bicyclic) bond motifs is 1. The van der Waals surface area contributed by atoms with Crippen LogP contribution in [0.25, 0.3) is 11.3 Å². The third kappa shape index (κ3) is 3.64. The van der Waals surface area contributed by atoms with E-state index in [4.69, 9.17) is 9.47 Å². The molecule has 4 rings (SSSR count). The second-order valence-corrected chi connectivity index (χ2v) is 6.55. The minimum absolute atomic E-state index is 0.0460. The molecule has 0 spiro atoms. The van der Waals surface area contributed by atoms with E-state index in [0.717, 1.165) is 16.3 Å². The lowest BCUT2D eigenvalue weighted by Crippen LogP contribution is -2.12. The molecule has 1 aliphatic rings. The van der Waals surface area contributed by atoms with E-state index in [1.165, 1.54) is 0 Å². The number of nitrogens with one attached hydrogen (secondary N) is 1. The van der Waals surface area contributed by atoms with Crippen molar-refractivity contribution < 1.29 is 14.3 Å². The zero-order valence-corrected chi connectivity index (χ0v) is 14.2. The Morgan fingerprint density at radius 2 is 1.96 bits per heavy atom. The number of benzene rings is 2. The monoisotopic (exact) mass is 352 g/mol. The van der Waals surface area contributed by atoms with Gasteiger partial charge in [-0.15, -0.1) is 11.3 Å². The molecule has 1 N–H and O–H groups in total.